The van der Waals surface area contributed by atoms with E-state index < -0.39 is 17.6 Å². The van der Waals surface area contributed by atoms with E-state index in [4.69, 9.17) is 14.7 Å². The molecule has 0 radical (unpaired) electrons. The van der Waals surface area contributed by atoms with Gasteiger partial charge >= 0.3 is 5.97 Å². The predicted octanol–water partition coefficient (Wildman–Crippen LogP) is 5.97. The molecule has 3 heterocycles. The lowest BCUT2D eigenvalue weighted by molar-refractivity contribution is -0.142. The number of nitriles is 1. The zero-order chi connectivity index (χ0) is 28.1. The Morgan fingerprint density at radius 1 is 1.07 bits per heavy atom. The van der Waals surface area contributed by atoms with Crippen LogP contribution in [0.15, 0.2) is 72.9 Å². The molecule has 0 atom stereocenters. The molecule has 8 nitrogen and oxygen atoms in total. The summed E-state index contributed by atoms with van der Waals surface area (Å²) in [6.07, 6.45) is 2.41. The summed E-state index contributed by atoms with van der Waals surface area (Å²) >= 11 is 0. The van der Waals surface area contributed by atoms with Gasteiger partial charge in [-0.25, -0.2) is 18.7 Å². The number of benzene rings is 2. The lowest BCUT2D eigenvalue weighted by atomic mass is 9.97. The molecule has 2 aromatic heterocycles. The Labute approximate surface area is 229 Å². The molecule has 0 spiro atoms. The van der Waals surface area contributed by atoms with E-state index in [-0.39, 0.29) is 23.8 Å². The van der Waals surface area contributed by atoms with E-state index in [1.54, 1.807) is 54.6 Å². The van der Waals surface area contributed by atoms with Crippen LogP contribution in [0.25, 0.3) is 11.3 Å². The number of aliphatic carboxylic acids is 1. The number of anilines is 1. The van der Waals surface area contributed by atoms with Crippen LogP contribution in [0.3, 0.4) is 0 Å². The monoisotopic (exact) mass is 542 g/mol. The van der Waals surface area contributed by atoms with Gasteiger partial charge in [0.1, 0.15) is 30.1 Å². The predicted molar refractivity (Wildman–Crippen MR) is 142 cm³/mol. The highest BCUT2D eigenvalue weighted by atomic mass is 19.1. The number of hydrogen-bond donors (Lipinski definition) is 1. The summed E-state index contributed by atoms with van der Waals surface area (Å²) in [6.45, 7) is 1.05. The number of carboxylic acids is 1. The molecule has 1 aliphatic heterocycles. The number of ether oxygens (including phenoxy) is 2. The highest BCUT2D eigenvalue weighted by Gasteiger charge is 2.25. The van der Waals surface area contributed by atoms with Gasteiger partial charge in [-0.3, -0.25) is 4.79 Å². The number of carbonyl (C=O) groups is 1. The zero-order valence-corrected chi connectivity index (χ0v) is 21.3. The van der Waals surface area contributed by atoms with Crippen molar-refractivity contribution in [3.05, 3.63) is 95.7 Å². The first-order valence-electron chi connectivity index (χ1n) is 12.6. The van der Waals surface area contributed by atoms with Gasteiger partial charge in [-0.15, -0.1) is 0 Å². The first-order chi connectivity index (χ1) is 19.4. The van der Waals surface area contributed by atoms with Crippen LogP contribution in [-0.4, -0.2) is 34.1 Å². The zero-order valence-electron chi connectivity index (χ0n) is 21.3. The van der Waals surface area contributed by atoms with Gasteiger partial charge in [0, 0.05) is 37.0 Å². The fourth-order valence-electron chi connectivity index (χ4n) is 4.44. The average Bonchev–Trinajstić information content (AvgIpc) is 2.97. The van der Waals surface area contributed by atoms with Crippen molar-refractivity contribution < 1.29 is 28.2 Å². The summed E-state index contributed by atoms with van der Waals surface area (Å²) in [5.41, 5.74) is 1.66. The average molecular weight is 543 g/mol. The molecule has 2 aromatic carbocycles. The maximum Gasteiger partial charge on any atom is 0.306 e. The first kappa shape index (κ1) is 26.6. The number of pyridine rings is 2. The Bertz CT molecular complexity index is 1550. The summed E-state index contributed by atoms with van der Waals surface area (Å²) in [4.78, 5) is 21.9. The molecule has 1 fully saturated rings. The van der Waals surface area contributed by atoms with Gasteiger partial charge in [0.15, 0.2) is 11.6 Å². The van der Waals surface area contributed by atoms with Crippen LogP contribution >= 0.6 is 0 Å². The number of aromatic nitrogens is 2. The third-order valence-corrected chi connectivity index (χ3v) is 6.58. The first-order valence-corrected chi connectivity index (χ1v) is 12.6. The lowest BCUT2D eigenvalue weighted by Gasteiger charge is -2.31. The van der Waals surface area contributed by atoms with E-state index in [0.29, 0.717) is 54.6 Å². The van der Waals surface area contributed by atoms with Crippen LogP contribution < -0.4 is 14.4 Å². The normalized spacial score (nSPS) is 13.5. The van der Waals surface area contributed by atoms with Gasteiger partial charge < -0.3 is 19.5 Å². The van der Waals surface area contributed by atoms with Crippen molar-refractivity contribution in [1.82, 2.24) is 9.97 Å². The van der Waals surface area contributed by atoms with Crippen molar-refractivity contribution in [3.63, 3.8) is 0 Å². The van der Waals surface area contributed by atoms with E-state index in [1.165, 1.54) is 12.3 Å². The fraction of sp³-hybridized carbons (Fsp3) is 0.200. The highest BCUT2D eigenvalue weighted by Crippen LogP contribution is 2.35. The van der Waals surface area contributed by atoms with Gasteiger partial charge in [0.2, 0.25) is 5.88 Å². The van der Waals surface area contributed by atoms with Gasteiger partial charge in [0.05, 0.1) is 17.2 Å². The molecule has 0 amide bonds. The van der Waals surface area contributed by atoms with Gasteiger partial charge in [-0.1, -0.05) is 18.2 Å². The van der Waals surface area contributed by atoms with E-state index >= 15 is 0 Å². The van der Waals surface area contributed by atoms with Crippen molar-refractivity contribution in [2.24, 2.45) is 5.92 Å². The Morgan fingerprint density at radius 3 is 2.52 bits per heavy atom. The molecular weight excluding hydrogens is 518 g/mol. The standard InChI is InChI=1S/C30H24F2N4O4/c31-22-14-24(26-2-1-3-27(35-26)36-12-10-21(11-13-36)30(37)38)29(25(32)15-22)39-18-19-4-7-23(8-5-19)40-28-9-6-20(16-33)17-34-28/h1-9,14-15,17,21H,10-13,18H2,(H,37,38). The van der Waals surface area contributed by atoms with Crippen LogP contribution in [0.2, 0.25) is 0 Å². The molecule has 5 rings (SSSR count). The second kappa shape index (κ2) is 11.8. The molecule has 40 heavy (non-hydrogen) atoms. The maximum atomic E-state index is 14.9. The topological polar surface area (TPSA) is 109 Å². The van der Waals surface area contributed by atoms with Crippen molar-refractivity contribution >= 4 is 11.8 Å². The SMILES string of the molecule is N#Cc1ccc(Oc2ccc(COc3c(F)cc(F)cc3-c3cccc(N4CCC(C(=O)O)CC4)n3)cc2)nc1. The molecule has 0 saturated carbocycles. The third-order valence-electron chi connectivity index (χ3n) is 6.58. The minimum Gasteiger partial charge on any atom is -0.485 e. The molecule has 202 valence electrons. The Balaban J connectivity index is 1.30. The summed E-state index contributed by atoms with van der Waals surface area (Å²) in [7, 11) is 0. The van der Waals surface area contributed by atoms with Crippen LogP contribution in [-0.2, 0) is 11.4 Å². The molecule has 0 bridgehead atoms. The van der Waals surface area contributed by atoms with Gasteiger partial charge in [-0.2, -0.15) is 5.26 Å². The Kier molecular flexibility index (Phi) is 7.82. The Morgan fingerprint density at radius 2 is 1.85 bits per heavy atom. The van der Waals surface area contributed by atoms with E-state index in [0.717, 1.165) is 11.6 Å². The maximum absolute atomic E-state index is 14.9. The van der Waals surface area contributed by atoms with E-state index in [1.807, 2.05) is 11.0 Å². The molecule has 10 heteroatoms. The largest absolute Gasteiger partial charge is 0.485 e. The third kappa shape index (κ3) is 6.15. The summed E-state index contributed by atoms with van der Waals surface area (Å²) in [5, 5.41) is 18.1. The summed E-state index contributed by atoms with van der Waals surface area (Å²) < 4.78 is 40.7. The molecule has 1 aliphatic rings. The van der Waals surface area contributed by atoms with Crippen LogP contribution in [0, 0.1) is 28.9 Å². The molecule has 1 saturated heterocycles. The quantitative estimate of drug-likeness (QED) is 0.290. The number of hydrogen-bond acceptors (Lipinski definition) is 7. The number of halogens is 2. The summed E-state index contributed by atoms with van der Waals surface area (Å²) in [5.74, 6) is -1.47. The molecule has 4 aromatic rings. The number of nitrogens with zero attached hydrogens (tertiary/aromatic N) is 4. The molecule has 0 aliphatic carbocycles. The minimum atomic E-state index is -0.851. The van der Waals surface area contributed by atoms with Gasteiger partial charge in [-0.05, 0) is 54.8 Å². The second-order valence-electron chi connectivity index (χ2n) is 9.28. The van der Waals surface area contributed by atoms with Crippen molar-refractivity contribution in [3.8, 4) is 34.7 Å². The van der Waals surface area contributed by atoms with Crippen LogP contribution in [0.1, 0.15) is 24.0 Å². The Hall–Kier alpha value is -5.04. The van der Waals surface area contributed by atoms with Crippen molar-refractivity contribution in [2.75, 3.05) is 18.0 Å². The van der Waals surface area contributed by atoms with Crippen LogP contribution in [0.4, 0.5) is 14.6 Å². The van der Waals surface area contributed by atoms with Crippen molar-refractivity contribution in [2.45, 2.75) is 19.4 Å². The molecule has 0 unspecified atom stereocenters. The number of piperidine rings is 1. The summed E-state index contributed by atoms with van der Waals surface area (Å²) in [6, 6.07) is 19.2. The smallest absolute Gasteiger partial charge is 0.306 e. The van der Waals surface area contributed by atoms with Gasteiger partial charge in [0.25, 0.3) is 0 Å². The minimum absolute atomic E-state index is 0.00728. The van der Waals surface area contributed by atoms with E-state index in [2.05, 4.69) is 9.97 Å². The lowest BCUT2D eigenvalue weighted by Crippen LogP contribution is -2.36. The van der Waals surface area contributed by atoms with Crippen molar-refractivity contribution in [1.29, 1.82) is 5.26 Å². The highest BCUT2D eigenvalue weighted by molar-refractivity contribution is 5.71. The van der Waals surface area contributed by atoms with Crippen LogP contribution in [0.5, 0.6) is 17.4 Å². The molecule has 1 N–H and O–H groups in total. The van der Waals surface area contributed by atoms with E-state index in [9.17, 15) is 18.7 Å². The fourth-order valence-corrected chi connectivity index (χ4v) is 4.44. The molecular formula is C30H24F2N4O4. The number of rotatable bonds is 8. The number of carboxylic acid groups (broad SMARTS) is 1. The second-order valence-corrected chi connectivity index (χ2v) is 9.28.